The van der Waals surface area contributed by atoms with E-state index in [1.807, 2.05) is 49.4 Å². The Kier molecular flexibility index (Phi) is 5.05. The number of hydrogen-bond acceptors (Lipinski definition) is 7. The molecule has 0 aliphatic carbocycles. The second-order valence-corrected chi connectivity index (χ2v) is 8.09. The van der Waals surface area contributed by atoms with Gasteiger partial charge in [0.05, 0.1) is 22.5 Å². The summed E-state index contributed by atoms with van der Waals surface area (Å²) in [5.74, 6) is 0.881. The summed E-state index contributed by atoms with van der Waals surface area (Å²) in [6.07, 6.45) is 0. The van der Waals surface area contributed by atoms with E-state index in [1.165, 1.54) is 11.8 Å². The van der Waals surface area contributed by atoms with Gasteiger partial charge in [0, 0.05) is 16.3 Å². The summed E-state index contributed by atoms with van der Waals surface area (Å²) in [6.45, 7) is 1.90. The fraction of sp³-hybridized carbons (Fsp3) is 0.0952. The fourth-order valence-electron chi connectivity index (χ4n) is 3.27. The van der Waals surface area contributed by atoms with Gasteiger partial charge in [0.2, 0.25) is 5.89 Å². The van der Waals surface area contributed by atoms with Crippen molar-refractivity contribution in [3.05, 3.63) is 81.4 Å². The number of aromatic amines is 1. The van der Waals surface area contributed by atoms with Crippen molar-refractivity contribution < 1.29 is 4.42 Å². The van der Waals surface area contributed by atoms with Crippen LogP contribution in [0.5, 0.6) is 0 Å². The third-order valence-corrected chi connectivity index (χ3v) is 5.82. The molecule has 0 aliphatic heterocycles. The van der Waals surface area contributed by atoms with Gasteiger partial charge in [0.15, 0.2) is 5.52 Å². The van der Waals surface area contributed by atoms with E-state index in [-0.39, 0.29) is 5.56 Å². The topological polar surface area (TPSA) is 102 Å². The smallest absolute Gasteiger partial charge is 0.292 e. The molecular formula is C21H15ClN6O2S. The van der Waals surface area contributed by atoms with Gasteiger partial charge in [-0.2, -0.15) is 10.2 Å². The average Bonchev–Trinajstić information content (AvgIpc) is 3.40. The number of nitrogens with one attached hydrogen (secondary N) is 1. The van der Waals surface area contributed by atoms with Crippen LogP contribution in [0.4, 0.5) is 0 Å². The van der Waals surface area contributed by atoms with E-state index in [0.29, 0.717) is 38.5 Å². The Labute approximate surface area is 185 Å². The van der Waals surface area contributed by atoms with Crippen LogP contribution in [-0.2, 0) is 5.75 Å². The molecule has 0 aliphatic rings. The lowest BCUT2D eigenvalue weighted by molar-refractivity contribution is 0.466. The van der Waals surface area contributed by atoms with Crippen molar-refractivity contribution in [2.45, 2.75) is 17.9 Å². The van der Waals surface area contributed by atoms with Gasteiger partial charge in [0.25, 0.3) is 10.8 Å². The van der Waals surface area contributed by atoms with E-state index in [1.54, 1.807) is 16.8 Å². The molecule has 8 nitrogen and oxygen atoms in total. The lowest BCUT2D eigenvalue weighted by Crippen LogP contribution is -2.10. The van der Waals surface area contributed by atoms with Crippen molar-refractivity contribution in [1.82, 2.24) is 30.2 Å². The highest BCUT2D eigenvalue weighted by Crippen LogP contribution is 2.28. The van der Waals surface area contributed by atoms with E-state index < -0.39 is 0 Å². The molecule has 3 heterocycles. The number of fused-ring (bicyclic) bond motifs is 1. The summed E-state index contributed by atoms with van der Waals surface area (Å²) < 4.78 is 7.47. The Morgan fingerprint density at radius 2 is 1.87 bits per heavy atom. The maximum atomic E-state index is 12.4. The van der Waals surface area contributed by atoms with Crippen molar-refractivity contribution in [3.8, 4) is 17.1 Å². The molecule has 2 aromatic carbocycles. The molecule has 31 heavy (non-hydrogen) atoms. The number of aryl methyl sites for hydroxylation is 1. The lowest BCUT2D eigenvalue weighted by Gasteiger charge is -2.04. The number of aromatic nitrogens is 6. The molecule has 0 saturated heterocycles. The predicted molar refractivity (Wildman–Crippen MR) is 119 cm³/mol. The van der Waals surface area contributed by atoms with E-state index >= 15 is 0 Å². The summed E-state index contributed by atoms with van der Waals surface area (Å²) in [6, 6.07) is 16.8. The van der Waals surface area contributed by atoms with Crippen LogP contribution < -0.4 is 5.56 Å². The number of halogens is 1. The van der Waals surface area contributed by atoms with Gasteiger partial charge in [-0.25, -0.2) is 9.78 Å². The van der Waals surface area contributed by atoms with Crippen LogP contribution in [0.15, 0.2) is 69.0 Å². The molecule has 0 unspecified atom stereocenters. The number of hydrogen-bond donors (Lipinski definition) is 1. The molecule has 0 spiro atoms. The van der Waals surface area contributed by atoms with E-state index in [4.69, 9.17) is 16.0 Å². The minimum atomic E-state index is -0.344. The Morgan fingerprint density at radius 3 is 2.65 bits per heavy atom. The summed E-state index contributed by atoms with van der Waals surface area (Å²) in [5.41, 5.74) is 3.13. The number of benzene rings is 2. The standard InChI is InChI=1S/C21H15ClN6O2S/c1-12-17-16(11-31-21-26-25-20(30-21)13-5-3-2-4-6-13)23-24-19(29)18(17)27-28(12)15-9-7-14(22)8-10-15/h2-10H,11H2,1H3,(H,24,29). The molecule has 5 aromatic rings. The predicted octanol–water partition coefficient (Wildman–Crippen LogP) is 4.41. The highest BCUT2D eigenvalue weighted by atomic mass is 35.5. The van der Waals surface area contributed by atoms with Gasteiger partial charge in [-0.1, -0.05) is 41.6 Å². The number of H-pyrrole nitrogens is 1. The quantitative estimate of drug-likeness (QED) is 0.395. The van der Waals surface area contributed by atoms with Gasteiger partial charge in [0.1, 0.15) is 0 Å². The first kappa shape index (κ1) is 19.5. The van der Waals surface area contributed by atoms with Crippen LogP contribution in [0, 0.1) is 6.92 Å². The van der Waals surface area contributed by atoms with Gasteiger partial charge in [-0.15, -0.1) is 10.2 Å². The number of nitrogens with zero attached hydrogens (tertiary/aromatic N) is 5. The molecule has 10 heteroatoms. The highest BCUT2D eigenvalue weighted by Gasteiger charge is 2.18. The molecule has 154 valence electrons. The Balaban J connectivity index is 1.47. The van der Waals surface area contributed by atoms with Crippen LogP contribution >= 0.6 is 23.4 Å². The number of thioether (sulfide) groups is 1. The fourth-order valence-corrected chi connectivity index (χ4v) is 4.10. The zero-order valence-electron chi connectivity index (χ0n) is 16.2. The minimum absolute atomic E-state index is 0.327. The van der Waals surface area contributed by atoms with Crippen molar-refractivity contribution in [3.63, 3.8) is 0 Å². The minimum Gasteiger partial charge on any atom is -0.411 e. The van der Waals surface area contributed by atoms with Crippen LogP contribution in [-0.4, -0.2) is 30.2 Å². The maximum Gasteiger partial charge on any atom is 0.292 e. The Morgan fingerprint density at radius 1 is 1.10 bits per heavy atom. The Hall–Kier alpha value is -3.43. The van der Waals surface area contributed by atoms with E-state index in [0.717, 1.165) is 16.9 Å². The summed E-state index contributed by atoms with van der Waals surface area (Å²) in [7, 11) is 0. The van der Waals surface area contributed by atoms with Crippen LogP contribution in [0.2, 0.25) is 5.02 Å². The van der Waals surface area contributed by atoms with Gasteiger partial charge in [-0.3, -0.25) is 4.79 Å². The van der Waals surface area contributed by atoms with Crippen molar-refractivity contribution in [2.75, 3.05) is 0 Å². The maximum absolute atomic E-state index is 12.4. The van der Waals surface area contributed by atoms with Gasteiger partial charge in [-0.05, 0) is 43.3 Å². The van der Waals surface area contributed by atoms with Crippen molar-refractivity contribution >= 4 is 34.3 Å². The third kappa shape index (κ3) is 3.73. The monoisotopic (exact) mass is 450 g/mol. The van der Waals surface area contributed by atoms with Crippen molar-refractivity contribution in [1.29, 1.82) is 0 Å². The van der Waals surface area contributed by atoms with Gasteiger partial charge < -0.3 is 4.42 Å². The first-order chi connectivity index (χ1) is 15.1. The molecule has 3 aromatic heterocycles. The van der Waals surface area contributed by atoms with E-state index in [9.17, 15) is 4.79 Å². The van der Waals surface area contributed by atoms with E-state index in [2.05, 4.69) is 25.5 Å². The first-order valence-electron chi connectivity index (χ1n) is 9.35. The normalized spacial score (nSPS) is 11.3. The first-order valence-corrected chi connectivity index (χ1v) is 10.7. The van der Waals surface area contributed by atoms with Gasteiger partial charge >= 0.3 is 0 Å². The zero-order chi connectivity index (χ0) is 21.4. The van der Waals surface area contributed by atoms with Crippen molar-refractivity contribution in [2.24, 2.45) is 0 Å². The molecule has 0 saturated carbocycles. The molecule has 0 atom stereocenters. The van der Waals surface area contributed by atoms with Crippen LogP contribution in [0.1, 0.15) is 11.4 Å². The molecular weight excluding hydrogens is 436 g/mol. The van der Waals surface area contributed by atoms with Crippen LogP contribution in [0.25, 0.3) is 28.0 Å². The molecule has 0 fully saturated rings. The summed E-state index contributed by atoms with van der Waals surface area (Å²) >= 11 is 7.34. The third-order valence-electron chi connectivity index (χ3n) is 4.74. The average molecular weight is 451 g/mol. The van der Waals surface area contributed by atoms with Crippen LogP contribution in [0.3, 0.4) is 0 Å². The lowest BCUT2D eigenvalue weighted by atomic mass is 10.2. The SMILES string of the molecule is Cc1c2c(CSc3nnc(-c4ccccc4)o3)n[nH]c(=O)c2nn1-c1ccc(Cl)cc1. The second-order valence-electron chi connectivity index (χ2n) is 6.72. The molecule has 5 rings (SSSR count). The molecule has 0 bridgehead atoms. The molecule has 1 N–H and O–H groups in total. The zero-order valence-corrected chi connectivity index (χ0v) is 17.8. The summed E-state index contributed by atoms with van der Waals surface area (Å²) in [4.78, 5) is 12.4. The largest absolute Gasteiger partial charge is 0.411 e. The Bertz CT molecular complexity index is 1430. The summed E-state index contributed by atoms with van der Waals surface area (Å²) in [5, 5.41) is 21.2. The number of rotatable bonds is 5. The highest BCUT2D eigenvalue weighted by molar-refractivity contribution is 7.98. The molecule has 0 amide bonds. The second kappa shape index (κ2) is 8.01. The molecule has 0 radical (unpaired) electrons.